The number of hydrogen-bond donors (Lipinski definition) is 2. The Morgan fingerprint density at radius 2 is 1.64 bits per heavy atom. The van der Waals surface area contributed by atoms with Gasteiger partial charge in [0.1, 0.15) is 12.2 Å². The van der Waals surface area contributed by atoms with Crippen LogP contribution in [0.4, 0.5) is 0 Å². The lowest BCUT2D eigenvalue weighted by atomic mass is 10.1. The zero-order valence-corrected chi connectivity index (χ0v) is 7.53. The molecule has 1 aliphatic rings. The summed E-state index contributed by atoms with van der Waals surface area (Å²) in [7, 11) is 0. The first-order valence-corrected chi connectivity index (χ1v) is 3.96. The van der Waals surface area contributed by atoms with Crippen molar-refractivity contribution in [1.82, 2.24) is 0 Å². The SMILES string of the molecule is OC1C(Cl)=CC(Cl)=C(Cl)C1O. The average molecular weight is 215 g/mol. The molecule has 0 aromatic rings. The van der Waals surface area contributed by atoms with Crippen molar-refractivity contribution in [3.8, 4) is 0 Å². The second kappa shape index (κ2) is 3.33. The quantitative estimate of drug-likeness (QED) is 0.643. The summed E-state index contributed by atoms with van der Waals surface area (Å²) in [5, 5.41) is 18.5. The third-order valence-corrected chi connectivity index (χ3v) is 2.50. The zero-order chi connectivity index (χ0) is 8.59. The van der Waals surface area contributed by atoms with Gasteiger partial charge in [-0.1, -0.05) is 34.8 Å². The Hall–Kier alpha value is 0.270. The predicted octanol–water partition coefficient (Wildman–Crippen LogP) is 1.53. The van der Waals surface area contributed by atoms with E-state index in [4.69, 9.17) is 45.0 Å². The van der Waals surface area contributed by atoms with Crippen LogP contribution in [0.25, 0.3) is 0 Å². The largest absolute Gasteiger partial charge is 0.384 e. The monoisotopic (exact) mass is 214 g/mol. The van der Waals surface area contributed by atoms with Gasteiger partial charge in [0.15, 0.2) is 0 Å². The molecule has 0 heterocycles. The molecule has 2 N–H and O–H groups in total. The van der Waals surface area contributed by atoms with Gasteiger partial charge in [-0.15, -0.1) is 0 Å². The normalized spacial score (nSPS) is 32.3. The Balaban J connectivity index is 3.01. The minimum Gasteiger partial charge on any atom is -0.384 e. The van der Waals surface area contributed by atoms with Crippen molar-refractivity contribution in [2.75, 3.05) is 0 Å². The molecule has 1 rings (SSSR count). The average Bonchev–Trinajstić information content (AvgIpc) is 1.97. The Labute approximate surface area is 78.7 Å². The van der Waals surface area contributed by atoms with Crippen LogP contribution < -0.4 is 0 Å². The Morgan fingerprint density at radius 1 is 1.09 bits per heavy atom. The van der Waals surface area contributed by atoms with Gasteiger partial charge in [-0.2, -0.15) is 0 Å². The summed E-state index contributed by atoms with van der Waals surface area (Å²) in [6.07, 6.45) is -1.06. The Kier molecular flexibility index (Phi) is 2.84. The number of rotatable bonds is 0. The van der Waals surface area contributed by atoms with E-state index in [9.17, 15) is 0 Å². The summed E-state index contributed by atoms with van der Waals surface area (Å²) in [4.78, 5) is 0. The van der Waals surface area contributed by atoms with Crippen molar-refractivity contribution in [1.29, 1.82) is 0 Å². The Bertz CT molecular complexity index is 234. The van der Waals surface area contributed by atoms with Crippen molar-refractivity contribution in [3.63, 3.8) is 0 Å². The maximum atomic E-state index is 9.14. The van der Waals surface area contributed by atoms with Gasteiger partial charge in [-0.25, -0.2) is 0 Å². The van der Waals surface area contributed by atoms with Crippen molar-refractivity contribution in [3.05, 3.63) is 21.2 Å². The second-order valence-corrected chi connectivity index (χ2v) is 3.37. The predicted molar refractivity (Wildman–Crippen MR) is 44.7 cm³/mol. The van der Waals surface area contributed by atoms with Gasteiger partial charge in [0.05, 0.1) is 15.1 Å². The highest BCUT2D eigenvalue weighted by Gasteiger charge is 2.28. The Morgan fingerprint density at radius 3 is 2.18 bits per heavy atom. The molecule has 0 aliphatic heterocycles. The van der Waals surface area contributed by atoms with Gasteiger partial charge in [-0.3, -0.25) is 0 Å². The van der Waals surface area contributed by atoms with E-state index in [1.54, 1.807) is 0 Å². The molecule has 0 amide bonds. The topological polar surface area (TPSA) is 40.5 Å². The van der Waals surface area contributed by atoms with Gasteiger partial charge in [0, 0.05) is 0 Å². The van der Waals surface area contributed by atoms with E-state index < -0.39 is 12.2 Å². The third-order valence-electron chi connectivity index (χ3n) is 1.33. The molecule has 0 aromatic heterocycles. The minimum absolute atomic E-state index is 0.0172. The van der Waals surface area contributed by atoms with Crippen LogP contribution >= 0.6 is 34.8 Å². The van der Waals surface area contributed by atoms with Crippen LogP contribution in [0, 0.1) is 0 Å². The first kappa shape index (κ1) is 9.36. The van der Waals surface area contributed by atoms with Crippen LogP contribution in [0.5, 0.6) is 0 Å². The molecule has 1 aliphatic carbocycles. The molecule has 2 unspecified atom stereocenters. The molecule has 2 nitrogen and oxygen atoms in total. The summed E-state index contributed by atoms with van der Waals surface area (Å²) in [6, 6.07) is 0. The fraction of sp³-hybridized carbons (Fsp3) is 0.333. The lowest BCUT2D eigenvalue weighted by Crippen LogP contribution is -2.29. The van der Waals surface area contributed by atoms with E-state index in [1.165, 1.54) is 6.08 Å². The van der Waals surface area contributed by atoms with Crippen molar-refractivity contribution >= 4 is 34.8 Å². The maximum absolute atomic E-state index is 9.14. The number of aliphatic hydroxyl groups is 2. The van der Waals surface area contributed by atoms with Gasteiger partial charge in [0.2, 0.25) is 0 Å². The highest BCUT2D eigenvalue weighted by atomic mass is 35.5. The summed E-state index contributed by atoms with van der Waals surface area (Å²) >= 11 is 16.5. The van der Waals surface area contributed by atoms with Crippen LogP contribution in [0.2, 0.25) is 0 Å². The molecule has 0 bridgehead atoms. The molecule has 11 heavy (non-hydrogen) atoms. The minimum atomic E-state index is -1.21. The molecular formula is C6H5Cl3O2. The molecule has 5 heteroatoms. The summed E-state index contributed by atoms with van der Waals surface area (Å²) < 4.78 is 0. The highest BCUT2D eigenvalue weighted by molar-refractivity contribution is 6.42. The van der Waals surface area contributed by atoms with E-state index in [-0.39, 0.29) is 15.1 Å². The molecule has 2 atom stereocenters. The van der Waals surface area contributed by atoms with Gasteiger partial charge in [0.25, 0.3) is 0 Å². The second-order valence-electron chi connectivity index (χ2n) is 2.11. The van der Waals surface area contributed by atoms with Crippen molar-refractivity contribution in [2.24, 2.45) is 0 Å². The van der Waals surface area contributed by atoms with Crippen molar-refractivity contribution < 1.29 is 10.2 Å². The lowest BCUT2D eigenvalue weighted by Gasteiger charge is -2.21. The molecule has 0 saturated heterocycles. The number of allylic oxidation sites excluding steroid dienone is 2. The van der Waals surface area contributed by atoms with Crippen molar-refractivity contribution in [2.45, 2.75) is 12.2 Å². The zero-order valence-electron chi connectivity index (χ0n) is 5.26. The van der Waals surface area contributed by atoms with E-state index >= 15 is 0 Å². The molecule has 0 fully saturated rings. The number of hydrogen-bond acceptors (Lipinski definition) is 2. The van der Waals surface area contributed by atoms with Crippen LogP contribution in [0.1, 0.15) is 0 Å². The van der Waals surface area contributed by atoms with Crippen LogP contribution in [0.15, 0.2) is 21.2 Å². The van der Waals surface area contributed by atoms with Crippen LogP contribution in [-0.2, 0) is 0 Å². The summed E-state index contributed by atoms with van der Waals surface area (Å²) in [5.74, 6) is 0. The number of halogens is 3. The van der Waals surface area contributed by atoms with Gasteiger partial charge < -0.3 is 10.2 Å². The molecule has 0 radical (unpaired) electrons. The molecular weight excluding hydrogens is 210 g/mol. The van der Waals surface area contributed by atoms with E-state index in [2.05, 4.69) is 0 Å². The molecule has 0 aromatic carbocycles. The van der Waals surface area contributed by atoms with E-state index in [0.29, 0.717) is 0 Å². The summed E-state index contributed by atoms with van der Waals surface area (Å²) in [5.41, 5.74) is 0. The van der Waals surface area contributed by atoms with Gasteiger partial charge in [-0.05, 0) is 6.08 Å². The van der Waals surface area contributed by atoms with Crippen LogP contribution in [-0.4, -0.2) is 22.4 Å². The third kappa shape index (κ3) is 1.71. The van der Waals surface area contributed by atoms with E-state index in [1.807, 2.05) is 0 Å². The van der Waals surface area contributed by atoms with Crippen LogP contribution in [0.3, 0.4) is 0 Å². The lowest BCUT2D eigenvalue weighted by molar-refractivity contribution is 0.0731. The molecule has 62 valence electrons. The molecule has 0 saturated carbocycles. The molecule has 0 spiro atoms. The van der Waals surface area contributed by atoms with E-state index in [0.717, 1.165) is 0 Å². The summed E-state index contributed by atoms with van der Waals surface area (Å²) in [6.45, 7) is 0. The number of aliphatic hydroxyl groups excluding tert-OH is 2. The fourth-order valence-electron chi connectivity index (χ4n) is 0.706. The maximum Gasteiger partial charge on any atom is 0.122 e. The first-order chi connectivity index (χ1) is 5.04. The first-order valence-electron chi connectivity index (χ1n) is 2.82. The standard InChI is InChI=1S/C6H5Cl3O2/c7-2-1-3(8)5(10)6(11)4(2)9/h1,5-6,10-11H. The smallest absolute Gasteiger partial charge is 0.122 e. The highest BCUT2D eigenvalue weighted by Crippen LogP contribution is 2.31. The van der Waals surface area contributed by atoms with Gasteiger partial charge >= 0.3 is 0 Å². The fourth-order valence-corrected chi connectivity index (χ4v) is 1.39.